The third kappa shape index (κ3) is 10.8. The van der Waals surface area contributed by atoms with Crippen molar-refractivity contribution < 1.29 is 28.7 Å². The Bertz CT molecular complexity index is 951. The Morgan fingerprint density at radius 1 is 0.919 bits per heavy atom. The van der Waals surface area contributed by atoms with Gasteiger partial charge in [0.1, 0.15) is 5.75 Å². The van der Waals surface area contributed by atoms with Crippen molar-refractivity contribution in [3.63, 3.8) is 0 Å². The van der Waals surface area contributed by atoms with Crippen molar-refractivity contribution in [1.82, 2.24) is 15.5 Å². The number of nitrogens with one attached hydrogen (secondary N) is 2. The van der Waals surface area contributed by atoms with E-state index in [2.05, 4.69) is 10.6 Å². The molecule has 37 heavy (non-hydrogen) atoms. The van der Waals surface area contributed by atoms with Crippen molar-refractivity contribution in [2.75, 3.05) is 32.8 Å². The van der Waals surface area contributed by atoms with Crippen LogP contribution in [0, 0.1) is 12.3 Å². The van der Waals surface area contributed by atoms with Gasteiger partial charge in [-0.3, -0.25) is 24.1 Å². The minimum Gasteiger partial charge on any atom is -0.494 e. The smallest absolute Gasteiger partial charge is 0.253 e. The maximum absolute atomic E-state index is 12.6. The van der Waals surface area contributed by atoms with Crippen molar-refractivity contribution in [2.45, 2.75) is 65.9 Å². The van der Waals surface area contributed by atoms with Crippen LogP contribution < -0.4 is 15.4 Å². The normalized spacial score (nSPS) is 13.7. The first-order chi connectivity index (χ1) is 17.4. The molecule has 204 valence electrons. The fraction of sp³-hybridized carbons (Fsp3) is 0.571. The second-order valence-corrected chi connectivity index (χ2v) is 10.6. The molecule has 0 unspecified atom stereocenters. The van der Waals surface area contributed by atoms with E-state index in [4.69, 9.17) is 9.47 Å². The van der Waals surface area contributed by atoms with E-state index in [0.29, 0.717) is 26.2 Å². The summed E-state index contributed by atoms with van der Waals surface area (Å²) in [5.41, 5.74) is -0.0414. The maximum Gasteiger partial charge on any atom is 0.253 e. The Morgan fingerprint density at radius 2 is 1.57 bits per heavy atom. The molecule has 1 aliphatic rings. The number of hydrogen-bond acceptors (Lipinski definition) is 6. The van der Waals surface area contributed by atoms with E-state index in [-0.39, 0.29) is 31.3 Å². The number of hydrogen-bond donors (Lipinski definition) is 2. The molecule has 2 N–H and O–H groups in total. The molecule has 1 aliphatic heterocycles. The zero-order valence-electron chi connectivity index (χ0n) is 22.7. The summed E-state index contributed by atoms with van der Waals surface area (Å²) in [6.07, 6.45) is 4.62. The van der Waals surface area contributed by atoms with Crippen LogP contribution in [0.5, 0.6) is 5.75 Å². The minimum atomic E-state index is -0.638. The molecule has 0 aromatic heterocycles. The topological polar surface area (TPSA) is 114 Å². The summed E-state index contributed by atoms with van der Waals surface area (Å²) in [5, 5.41) is 5.78. The molecule has 2 rings (SSSR count). The number of carbonyl (C=O) groups is 4. The van der Waals surface area contributed by atoms with Gasteiger partial charge >= 0.3 is 0 Å². The molecule has 9 heteroatoms. The highest BCUT2D eigenvalue weighted by molar-refractivity contribution is 6.13. The molecule has 0 saturated carbocycles. The fourth-order valence-electron chi connectivity index (χ4n) is 3.50. The van der Waals surface area contributed by atoms with Crippen molar-refractivity contribution >= 4 is 23.6 Å². The number of nitrogens with zero attached hydrogens (tertiary/aromatic N) is 1. The fourth-order valence-corrected chi connectivity index (χ4v) is 3.50. The third-order valence-electron chi connectivity index (χ3n) is 6.16. The van der Waals surface area contributed by atoms with Gasteiger partial charge in [-0.25, -0.2) is 0 Å². The third-order valence-corrected chi connectivity index (χ3v) is 6.16. The molecular formula is C28H41N3O6. The van der Waals surface area contributed by atoms with Crippen LogP contribution in [-0.2, 0) is 23.9 Å². The van der Waals surface area contributed by atoms with Crippen molar-refractivity contribution in [3.05, 3.63) is 42.0 Å². The molecule has 4 amide bonds. The summed E-state index contributed by atoms with van der Waals surface area (Å²) in [4.78, 5) is 48.9. The second kappa shape index (κ2) is 13.9. The predicted octanol–water partition coefficient (Wildman–Crippen LogP) is 2.91. The molecule has 0 bridgehead atoms. The van der Waals surface area contributed by atoms with E-state index < -0.39 is 22.8 Å². The van der Waals surface area contributed by atoms with E-state index in [1.807, 2.05) is 58.9 Å². The lowest BCUT2D eigenvalue weighted by Gasteiger charge is -2.29. The number of imide groups is 1. The quantitative estimate of drug-likeness (QED) is 0.259. The molecule has 0 spiro atoms. The lowest BCUT2D eigenvalue weighted by Crippen LogP contribution is -2.43. The van der Waals surface area contributed by atoms with E-state index in [1.165, 1.54) is 17.7 Å². The van der Waals surface area contributed by atoms with Gasteiger partial charge in [-0.1, -0.05) is 31.5 Å². The molecule has 0 radical (unpaired) electrons. The number of ether oxygens (including phenoxy) is 2. The Hall–Kier alpha value is -3.20. The molecule has 0 atom stereocenters. The average molecular weight is 516 g/mol. The number of unbranched alkanes of at least 4 members (excludes halogenated alkanes) is 1. The van der Waals surface area contributed by atoms with Crippen LogP contribution in [0.3, 0.4) is 0 Å². The first-order valence-electron chi connectivity index (χ1n) is 12.8. The number of aryl methyl sites for hydroxylation is 1. The highest BCUT2D eigenvalue weighted by atomic mass is 16.5. The molecule has 0 aliphatic carbocycles. The van der Waals surface area contributed by atoms with Gasteiger partial charge in [-0.05, 0) is 52.2 Å². The largest absolute Gasteiger partial charge is 0.494 e. The Labute approximate surface area is 219 Å². The Kier molecular flexibility index (Phi) is 11.3. The van der Waals surface area contributed by atoms with Crippen LogP contribution in [0.25, 0.3) is 0 Å². The van der Waals surface area contributed by atoms with E-state index in [9.17, 15) is 19.2 Å². The van der Waals surface area contributed by atoms with E-state index in [0.717, 1.165) is 23.5 Å². The molecule has 0 fully saturated rings. The molecular weight excluding hydrogens is 474 g/mol. The van der Waals surface area contributed by atoms with Gasteiger partial charge in [0.25, 0.3) is 11.8 Å². The zero-order chi connectivity index (χ0) is 27.5. The first-order valence-corrected chi connectivity index (χ1v) is 12.8. The SMILES string of the molecule is Cc1ccc(OCCCCNC(=O)C(C)(C)CCOC(C)(C)CNC(=O)CCN2C(=O)C=CC2=O)cc1. The van der Waals surface area contributed by atoms with Gasteiger partial charge < -0.3 is 20.1 Å². The molecule has 1 aromatic carbocycles. The van der Waals surface area contributed by atoms with Gasteiger partial charge in [0.15, 0.2) is 0 Å². The number of amides is 4. The predicted molar refractivity (Wildman–Crippen MR) is 141 cm³/mol. The summed E-state index contributed by atoms with van der Waals surface area (Å²) >= 11 is 0. The van der Waals surface area contributed by atoms with Crippen LogP contribution in [0.2, 0.25) is 0 Å². The first kappa shape index (κ1) is 30.0. The maximum atomic E-state index is 12.6. The summed E-state index contributed by atoms with van der Waals surface area (Å²) in [7, 11) is 0. The van der Waals surface area contributed by atoms with Crippen LogP contribution in [0.4, 0.5) is 0 Å². The Morgan fingerprint density at radius 3 is 2.22 bits per heavy atom. The van der Waals surface area contributed by atoms with Crippen LogP contribution in [0.1, 0.15) is 58.9 Å². The summed E-state index contributed by atoms with van der Waals surface area (Å²) < 4.78 is 11.7. The van der Waals surface area contributed by atoms with Gasteiger partial charge in [0.05, 0.1) is 12.2 Å². The summed E-state index contributed by atoms with van der Waals surface area (Å²) in [6.45, 7) is 11.4. The zero-order valence-corrected chi connectivity index (χ0v) is 22.7. The minimum absolute atomic E-state index is 0.0258. The molecule has 1 aromatic rings. The average Bonchev–Trinajstić information content (AvgIpc) is 3.16. The number of benzene rings is 1. The second-order valence-electron chi connectivity index (χ2n) is 10.6. The van der Waals surface area contributed by atoms with Gasteiger partial charge in [0, 0.05) is 50.2 Å². The van der Waals surface area contributed by atoms with Gasteiger partial charge in [0.2, 0.25) is 11.8 Å². The van der Waals surface area contributed by atoms with Crippen LogP contribution in [0.15, 0.2) is 36.4 Å². The van der Waals surface area contributed by atoms with Crippen molar-refractivity contribution in [3.8, 4) is 5.75 Å². The van der Waals surface area contributed by atoms with Gasteiger partial charge in [-0.15, -0.1) is 0 Å². The Balaban J connectivity index is 1.57. The van der Waals surface area contributed by atoms with Crippen LogP contribution in [-0.4, -0.2) is 67.0 Å². The molecule has 1 heterocycles. The summed E-state index contributed by atoms with van der Waals surface area (Å²) in [6, 6.07) is 7.94. The molecule has 0 saturated heterocycles. The number of carbonyl (C=O) groups excluding carboxylic acids is 4. The van der Waals surface area contributed by atoms with E-state index >= 15 is 0 Å². The lowest BCUT2D eigenvalue weighted by atomic mass is 9.88. The lowest BCUT2D eigenvalue weighted by molar-refractivity contribution is -0.137. The molecule has 9 nitrogen and oxygen atoms in total. The summed E-state index contributed by atoms with van der Waals surface area (Å²) in [5.74, 6) is -0.248. The van der Waals surface area contributed by atoms with Crippen LogP contribution >= 0.6 is 0 Å². The van der Waals surface area contributed by atoms with Crippen molar-refractivity contribution in [2.24, 2.45) is 5.41 Å². The standard InChI is InChI=1S/C28H41N3O6/c1-21-8-10-22(11-9-21)36-18-7-6-16-29-26(35)27(2,3)15-19-37-28(4,5)20-30-23(32)14-17-31-24(33)12-13-25(31)34/h8-13H,6-7,14-20H2,1-5H3,(H,29,35)(H,30,32). The van der Waals surface area contributed by atoms with Crippen molar-refractivity contribution in [1.29, 1.82) is 0 Å². The van der Waals surface area contributed by atoms with E-state index in [1.54, 1.807) is 0 Å². The monoisotopic (exact) mass is 515 g/mol. The highest BCUT2D eigenvalue weighted by Crippen LogP contribution is 2.22. The highest BCUT2D eigenvalue weighted by Gasteiger charge is 2.29. The van der Waals surface area contributed by atoms with Gasteiger partial charge in [-0.2, -0.15) is 0 Å². The number of rotatable bonds is 16.